The Kier molecular flexibility index (Phi) is 3.23. The van der Waals surface area contributed by atoms with Gasteiger partial charge in [-0.1, -0.05) is 18.2 Å². The van der Waals surface area contributed by atoms with Crippen LogP contribution in [-0.2, 0) is 19.9 Å². The maximum Gasteiger partial charge on any atom is 0.310 e. The van der Waals surface area contributed by atoms with E-state index in [1.54, 1.807) is 0 Å². The highest BCUT2D eigenvalue weighted by molar-refractivity contribution is 6.07. The van der Waals surface area contributed by atoms with Crippen LogP contribution in [0.15, 0.2) is 18.2 Å². The minimum atomic E-state index is -0.694. The van der Waals surface area contributed by atoms with E-state index in [9.17, 15) is 9.59 Å². The molecule has 4 rings (SSSR count). The first-order chi connectivity index (χ1) is 11.1. The molecular weight excluding hydrogens is 292 g/mol. The number of esters is 1. The second-order valence-corrected chi connectivity index (χ2v) is 6.78. The number of aryl methyl sites for hydroxylation is 1. The van der Waals surface area contributed by atoms with Crippen LogP contribution in [0.25, 0.3) is 0 Å². The molecule has 3 aliphatic rings. The predicted molar refractivity (Wildman–Crippen MR) is 86.0 cm³/mol. The molecule has 5 nitrogen and oxygen atoms in total. The normalized spacial score (nSPS) is 32.0. The molecule has 0 bridgehead atoms. The van der Waals surface area contributed by atoms with Crippen LogP contribution in [0.3, 0.4) is 0 Å². The number of benzene rings is 1. The van der Waals surface area contributed by atoms with Gasteiger partial charge in [-0.3, -0.25) is 14.5 Å². The Morgan fingerprint density at radius 2 is 2.30 bits per heavy atom. The fourth-order valence-corrected chi connectivity index (χ4v) is 4.75. The molecule has 0 aromatic heterocycles. The Balaban J connectivity index is 1.81. The van der Waals surface area contributed by atoms with E-state index in [0.29, 0.717) is 13.0 Å². The van der Waals surface area contributed by atoms with Crippen LogP contribution in [0.1, 0.15) is 37.3 Å². The van der Waals surface area contributed by atoms with E-state index in [4.69, 9.17) is 4.74 Å². The van der Waals surface area contributed by atoms with Gasteiger partial charge in [0.05, 0.1) is 12.5 Å². The number of carbonyl (C=O) groups excluding carboxylic acids is 2. The maximum atomic E-state index is 13.0. The van der Waals surface area contributed by atoms with E-state index in [2.05, 4.69) is 10.2 Å². The number of ether oxygens (including phenoxy) is 1. The molecule has 1 amide bonds. The number of nitrogens with one attached hydrogen (secondary N) is 1. The van der Waals surface area contributed by atoms with Gasteiger partial charge in [0.15, 0.2) is 0 Å². The van der Waals surface area contributed by atoms with Gasteiger partial charge in [0.1, 0.15) is 5.54 Å². The van der Waals surface area contributed by atoms with E-state index in [1.165, 1.54) is 0 Å². The third-order valence-electron chi connectivity index (χ3n) is 5.69. The lowest BCUT2D eigenvalue weighted by Crippen LogP contribution is -2.47. The van der Waals surface area contributed by atoms with Gasteiger partial charge in [-0.15, -0.1) is 0 Å². The van der Waals surface area contributed by atoms with E-state index >= 15 is 0 Å². The Labute approximate surface area is 136 Å². The minimum absolute atomic E-state index is 0.0144. The van der Waals surface area contributed by atoms with Crippen molar-refractivity contribution in [2.45, 2.75) is 44.7 Å². The molecule has 3 atom stereocenters. The Morgan fingerprint density at radius 1 is 1.48 bits per heavy atom. The van der Waals surface area contributed by atoms with Gasteiger partial charge in [0.2, 0.25) is 5.91 Å². The first-order valence-electron chi connectivity index (χ1n) is 8.44. The van der Waals surface area contributed by atoms with Gasteiger partial charge >= 0.3 is 5.97 Å². The van der Waals surface area contributed by atoms with E-state index in [1.807, 2.05) is 32.0 Å². The summed E-state index contributed by atoms with van der Waals surface area (Å²) in [6.07, 6.45) is 2.51. The van der Waals surface area contributed by atoms with Crippen LogP contribution in [0.2, 0.25) is 0 Å². The summed E-state index contributed by atoms with van der Waals surface area (Å²) in [5, 5.41) is 3.07. The second-order valence-electron chi connectivity index (χ2n) is 6.78. The number of rotatable bonds is 2. The molecule has 3 aliphatic heterocycles. The van der Waals surface area contributed by atoms with Crippen molar-refractivity contribution in [2.24, 2.45) is 5.92 Å². The number of hydrogen-bond donors (Lipinski definition) is 1. The van der Waals surface area contributed by atoms with Gasteiger partial charge in [0.25, 0.3) is 0 Å². The SMILES string of the molecule is CCOC(=O)[C@@H]1C[C@@]2(C(=O)Nc3c(C)cccc32)N2CCC[C@H]12. The van der Waals surface area contributed by atoms with E-state index in [0.717, 1.165) is 36.2 Å². The summed E-state index contributed by atoms with van der Waals surface area (Å²) in [6, 6.07) is 6.16. The third kappa shape index (κ3) is 1.83. The molecule has 23 heavy (non-hydrogen) atoms. The van der Waals surface area contributed by atoms with Gasteiger partial charge < -0.3 is 10.1 Å². The van der Waals surface area contributed by atoms with Crippen LogP contribution in [0.5, 0.6) is 0 Å². The smallest absolute Gasteiger partial charge is 0.310 e. The van der Waals surface area contributed by atoms with Crippen molar-refractivity contribution in [3.63, 3.8) is 0 Å². The van der Waals surface area contributed by atoms with Crippen LogP contribution >= 0.6 is 0 Å². The summed E-state index contributed by atoms with van der Waals surface area (Å²) in [4.78, 5) is 27.7. The second kappa shape index (κ2) is 5.06. The molecular formula is C18H22N2O3. The Bertz CT molecular complexity index is 687. The molecule has 122 valence electrons. The number of para-hydroxylation sites is 1. The maximum absolute atomic E-state index is 13.0. The van der Waals surface area contributed by atoms with Crippen molar-refractivity contribution in [1.82, 2.24) is 4.90 Å². The standard InChI is InChI=1S/C18H22N2O3/c1-3-23-16(21)12-10-18(20-9-5-8-14(12)20)13-7-4-6-11(2)15(13)19-17(18)22/h4,6-7,12,14H,3,5,8-10H2,1-2H3,(H,19,22)/t12-,14-,18-/m1/s1. The van der Waals surface area contributed by atoms with Crippen molar-refractivity contribution < 1.29 is 14.3 Å². The summed E-state index contributed by atoms with van der Waals surface area (Å²) in [5.74, 6) is -0.356. The summed E-state index contributed by atoms with van der Waals surface area (Å²) in [7, 11) is 0. The molecule has 0 aliphatic carbocycles. The number of amides is 1. The topological polar surface area (TPSA) is 58.6 Å². The molecule has 1 aromatic rings. The van der Waals surface area contributed by atoms with Gasteiger partial charge in [-0.25, -0.2) is 0 Å². The lowest BCUT2D eigenvalue weighted by atomic mass is 9.84. The van der Waals surface area contributed by atoms with Gasteiger partial charge in [-0.2, -0.15) is 0 Å². The van der Waals surface area contributed by atoms with Crippen molar-refractivity contribution in [2.75, 3.05) is 18.5 Å². The molecule has 0 radical (unpaired) electrons. The van der Waals surface area contributed by atoms with Crippen LogP contribution in [0, 0.1) is 12.8 Å². The van der Waals surface area contributed by atoms with Crippen LogP contribution in [0.4, 0.5) is 5.69 Å². The Hall–Kier alpha value is -1.88. The highest BCUT2D eigenvalue weighted by Gasteiger charge is 2.63. The molecule has 1 N–H and O–H groups in total. The fourth-order valence-electron chi connectivity index (χ4n) is 4.75. The van der Waals surface area contributed by atoms with Crippen LogP contribution in [-0.4, -0.2) is 36.0 Å². The molecule has 0 saturated carbocycles. The van der Waals surface area contributed by atoms with Gasteiger partial charge in [-0.05, 0) is 45.2 Å². The van der Waals surface area contributed by atoms with Crippen molar-refractivity contribution in [1.29, 1.82) is 0 Å². The third-order valence-corrected chi connectivity index (χ3v) is 5.69. The number of anilines is 1. The zero-order valence-corrected chi connectivity index (χ0v) is 13.6. The number of nitrogens with zero attached hydrogens (tertiary/aromatic N) is 1. The average Bonchev–Trinajstić information content (AvgIpc) is 3.17. The first kappa shape index (κ1) is 14.7. The van der Waals surface area contributed by atoms with E-state index in [-0.39, 0.29) is 23.8 Å². The van der Waals surface area contributed by atoms with Crippen molar-refractivity contribution in [3.8, 4) is 0 Å². The van der Waals surface area contributed by atoms with Gasteiger partial charge in [0, 0.05) is 17.3 Å². The monoisotopic (exact) mass is 314 g/mol. The predicted octanol–water partition coefficient (Wildman–Crippen LogP) is 2.19. The summed E-state index contributed by atoms with van der Waals surface area (Å²) < 4.78 is 5.29. The summed E-state index contributed by atoms with van der Waals surface area (Å²) >= 11 is 0. The highest BCUT2D eigenvalue weighted by atomic mass is 16.5. The first-order valence-corrected chi connectivity index (χ1v) is 8.44. The molecule has 1 spiro atoms. The number of carbonyl (C=O) groups is 2. The number of hydrogen-bond acceptors (Lipinski definition) is 4. The average molecular weight is 314 g/mol. The van der Waals surface area contributed by atoms with Crippen molar-refractivity contribution in [3.05, 3.63) is 29.3 Å². The quantitative estimate of drug-likeness (QED) is 0.850. The summed E-state index contributed by atoms with van der Waals surface area (Å²) in [6.45, 7) is 5.09. The number of fused-ring (bicyclic) bond motifs is 4. The zero-order chi connectivity index (χ0) is 16.2. The summed E-state index contributed by atoms with van der Waals surface area (Å²) in [5.41, 5.74) is 2.33. The van der Waals surface area contributed by atoms with Crippen LogP contribution < -0.4 is 5.32 Å². The fraction of sp³-hybridized carbons (Fsp3) is 0.556. The molecule has 2 fully saturated rings. The molecule has 3 heterocycles. The van der Waals surface area contributed by atoms with E-state index < -0.39 is 5.54 Å². The molecule has 1 aromatic carbocycles. The van der Waals surface area contributed by atoms with Crippen molar-refractivity contribution >= 4 is 17.6 Å². The lowest BCUT2D eigenvalue weighted by molar-refractivity contribution is -0.148. The highest BCUT2D eigenvalue weighted by Crippen LogP contribution is 2.54. The molecule has 0 unspecified atom stereocenters. The lowest BCUT2D eigenvalue weighted by Gasteiger charge is -2.32. The molecule has 5 heteroatoms. The largest absolute Gasteiger partial charge is 0.466 e. The molecule has 2 saturated heterocycles. The minimum Gasteiger partial charge on any atom is -0.466 e. The zero-order valence-electron chi connectivity index (χ0n) is 13.6. The Morgan fingerprint density at radius 3 is 3.09 bits per heavy atom.